The molecule has 2 aromatic carbocycles. The monoisotopic (exact) mass is 364 g/mol. The van der Waals surface area contributed by atoms with Gasteiger partial charge < -0.3 is 0 Å². The number of hydrogen-bond acceptors (Lipinski definition) is 2. The number of carbonyl (C=O) groups is 1. The third-order valence-corrected chi connectivity index (χ3v) is 5.38. The van der Waals surface area contributed by atoms with Crippen molar-refractivity contribution in [2.24, 2.45) is 11.0 Å². The molecule has 0 N–H and O–H groups in total. The summed E-state index contributed by atoms with van der Waals surface area (Å²) in [5.41, 5.74) is 4.57. The number of amides is 1. The molecular formula is C22H21ClN2O. The summed E-state index contributed by atoms with van der Waals surface area (Å²) < 4.78 is 0. The molecule has 2 aromatic rings. The molecule has 1 amide bonds. The third kappa shape index (κ3) is 3.19. The Hall–Kier alpha value is -2.39. The van der Waals surface area contributed by atoms with E-state index in [2.05, 4.69) is 30.3 Å². The van der Waals surface area contributed by atoms with Crippen LogP contribution in [0.2, 0.25) is 0 Å². The van der Waals surface area contributed by atoms with Gasteiger partial charge in [0, 0.05) is 5.92 Å². The van der Waals surface area contributed by atoms with Crippen molar-refractivity contribution in [3.63, 3.8) is 0 Å². The number of hydrazone groups is 1. The number of hydrogen-bond donors (Lipinski definition) is 0. The molecule has 2 atom stereocenters. The molecule has 4 heteroatoms. The van der Waals surface area contributed by atoms with E-state index in [9.17, 15) is 4.79 Å². The van der Waals surface area contributed by atoms with Gasteiger partial charge in [-0.3, -0.25) is 4.79 Å². The smallest absolute Gasteiger partial charge is 0.258 e. The van der Waals surface area contributed by atoms with E-state index in [1.807, 2.05) is 36.4 Å². The minimum Gasteiger partial charge on any atom is -0.272 e. The van der Waals surface area contributed by atoms with Crippen molar-refractivity contribution in [2.45, 2.75) is 25.3 Å². The lowest BCUT2D eigenvalue weighted by Crippen LogP contribution is -2.32. The van der Waals surface area contributed by atoms with Crippen LogP contribution in [0.25, 0.3) is 6.08 Å². The van der Waals surface area contributed by atoms with Crippen molar-refractivity contribution >= 4 is 29.3 Å². The van der Waals surface area contributed by atoms with Gasteiger partial charge in [0.25, 0.3) is 5.91 Å². The van der Waals surface area contributed by atoms with Crippen molar-refractivity contribution in [2.75, 3.05) is 5.88 Å². The zero-order chi connectivity index (χ0) is 17.9. The molecular weight excluding hydrogens is 344 g/mol. The van der Waals surface area contributed by atoms with E-state index in [1.54, 1.807) is 5.01 Å². The topological polar surface area (TPSA) is 32.7 Å². The Labute approximate surface area is 159 Å². The molecule has 4 rings (SSSR count). The van der Waals surface area contributed by atoms with Gasteiger partial charge in [-0.2, -0.15) is 5.10 Å². The lowest BCUT2D eigenvalue weighted by molar-refractivity contribution is -0.130. The van der Waals surface area contributed by atoms with Gasteiger partial charge >= 0.3 is 0 Å². The van der Waals surface area contributed by atoms with Crippen LogP contribution >= 0.6 is 11.6 Å². The van der Waals surface area contributed by atoms with E-state index < -0.39 is 0 Å². The van der Waals surface area contributed by atoms with Crippen LogP contribution in [0.15, 0.2) is 71.3 Å². The van der Waals surface area contributed by atoms with Crippen LogP contribution in [-0.2, 0) is 4.79 Å². The van der Waals surface area contributed by atoms with Crippen LogP contribution in [-0.4, -0.2) is 22.5 Å². The van der Waals surface area contributed by atoms with Crippen LogP contribution in [0, 0.1) is 5.92 Å². The van der Waals surface area contributed by atoms with Gasteiger partial charge in [0.05, 0.1) is 11.8 Å². The summed E-state index contributed by atoms with van der Waals surface area (Å²) in [5, 5.41) is 6.38. The fourth-order valence-corrected chi connectivity index (χ4v) is 4.12. The van der Waals surface area contributed by atoms with Crippen LogP contribution in [0.5, 0.6) is 0 Å². The summed E-state index contributed by atoms with van der Waals surface area (Å²) in [7, 11) is 0. The molecule has 1 aliphatic carbocycles. The molecule has 3 nitrogen and oxygen atoms in total. The van der Waals surface area contributed by atoms with E-state index in [0.717, 1.165) is 30.5 Å². The number of rotatable bonds is 3. The molecule has 0 aromatic heterocycles. The standard InChI is InChI=1S/C22H21ClN2O/c23-15-20(26)25-22(17-10-5-2-6-11-17)19-13-7-12-18(21(19)24-25)14-16-8-3-1-4-9-16/h1-6,8-11,14,19,22H,7,12-13,15H2/b18-14+. The highest BCUT2D eigenvalue weighted by Gasteiger charge is 2.43. The molecule has 132 valence electrons. The molecule has 2 unspecified atom stereocenters. The van der Waals surface area contributed by atoms with E-state index in [-0.39, 0.29) is 23.7 Å². The summed E-state index contributed by atoms with van der Waals surface area (Å²) in [6, 6.07) is 20.4. The minimum absolute atomic E-state index is 0.0510. The quantitative estimate of drug-likeness (QED) is 0.701. The lowest BCUT2D eigenvalue weighted by Gasteiger charge is -2.29. The normalized spacial score (nSPS) is 23.7. The molecule has 0 saturated heterocycles. The SMILES string of the molecule is O=C(CCl)N1N=C2/C(=C/c3ccccc3)CCCC2C1c1ccccc1. The highest BCUT2D eigenvalue weighted by molar-refractivity contribution is 6.27. The predicted molar refractivity (Wildman–Crippen MR) is 106 cm³/mol. The van der Waals surface area contributed by atoms with E-state index in [0.29, 0.717) is 0 Å². The maximum atomic E-state index is 12.5. The number of halogens is 1. The summed E-state index contributed by atoms with van der Waals surface area (Å²) in [6.07, 6.45) is 5.35. The van der Waals surface area contributed by atoms with Crippen LogP contribution in [0.1, 0.15) is 36.4 Å². The van der Waals surface area contributed by atoms with Crippen molar-refractivity contribution in [1.29, 1.82) is 0 Å². The maximum absolute atomic E-state index is 12.5. The zero-order valence-electron chi connectivity index (χ0n) is 14.5. The number of fused-ring (bicyclic) bond motifs is 1. The van der Waals surface area contributed by atoms with E-state index >= 15 is 0 Å². The average molecular weight is 365 g/mol. The Balaban J connectivity index is 1.74. The average Bonchev–Trinajstić information content (AvgIpc) is 3.09. The molecule has 2 aliphatic rings. The van der Waals surface area contributed by atoms with Gasteiger partial charge in [0.1, 0.15) is 5.88 Å². The molecule has 0 radical (unpaired) electrons. The molecule has 1 heterocycles. The van der Waals surface area contributed by atoms with Crippen molar-refractivity contribution in [1.82, 2.24) is 5.01 Å². The highest BCUT2D eigenvalue weighted by Crippen LogP contribution is 2.44. The summed E-state index contributed by atoms with van der Waals surface area (Å²) >= 11 is 5.87. The summed E-state index contributed by atoms with van der Waals surface area (Å²) in [4.78, 5) is 12.5. The largest absolute Gasteiger partial charge is 0.272 e. The Bertz CT molecular complexity index is 845. The molecule has 0 bridgehead atoms. The zero-order valence-corrected chi connectivity index (χ0v) is 15.3. The Kier molecular flexibility index (Phi) is 4.89. The van der Waals surface area contributed by atoms with E-state index in [1.165, 1.54) is 11.1 Å². The first-order chi connectivity index (χ1) is 12.8. The summed E-state index contributed by atoms with van der Waals surface area (Å²) in [6.45, 7) is 0. The number of nitrogens with zero attached hydrogens (tertiary/aromatic N) is 2. The predicted octanol–water partition coefficient (Wildman–Crippen LogP) is 5.05. The first-order valence-electron chi connectivity index (χ1n) is 9.05. The summed E-state index contributed by atoms with van der Waals surface area (Å²) in [5.74, 6) is 0.0413. The maximum Gasteiger partial charge on any atom is 0.258 e. The molecule has 26 heavy (non-hydrogen) atoms. The first kappa shape index (κ1) is 17.0. The minimum atomic E-state index is -0.138. The fourth-order valence-electron chi connectivity index (χ4n) is 4.00. The van der Waals surface area contributed by atoms with Crippen molar-refractivity contribution in [3.8, 4) is 0 Å². The highest BCUT2D eigenvalue weighted by atomic mass is 35.5. The van der Waals surface area contributed by atoms with Gasteiger partial charge in [-0.1, -0.05) is 60.7 Å². The van der Waals surface area contributed by atoms with Crippen molar-refractivity contribution in [3.05, 3.63) is 77.4 Å². The van der Waals surface area contributed by atoms with Gasteiger partial charge in [-0.25, -0.2) is 5.01 Å². The second-order valence-electron chi connectivity index (χ2n) is 6.79. The fraction of sp³-hybridized carbons (Fsp3) is 0.273. The number of benzene rings is 2. The number of carbonyl (C=O) groups excluding carboxylic acids is 1. The second-order valence-corrected chi connectivity index (χ2v) is 7.06. The Morgan fingerprint density at radius 3 is 2.50 bits per heavy atom. The Morgan fingerprint density at radius 1 is 1.12 bits per heavy atom. The molecule has 0 spiro atoms. The van der Waals surface area contributed by atoms with Crippen molar-refractivity contribution < 1.29 is 4.79 Å². The van der Waals surface area contributed by atoms with Gasteiger partial charge in [0.15, 0.2) is 0 Å². The Morgan fingerprint density at radius 2 is 1.81 bits per heavy atom. The van der Waals surface area contributed by atoms with Crippen LogP contribution in [0.3, 0.4) is 0 Å². The van der Waals surface area contributed by atoms with Crippen LogP contribution < -0.4 is 0 Å². The number of alkyl halides is 1. The first-order valence-corrected chi connectivity index (χ1v) is 9.59. The molecule has 1 saturated carbocycles. The molecule has 1 fully saturated rings. The lowest BCUT2D eigenvalue weighted by atomic mass is 9.77. The van der Waals surface area contributed by atoms with Gasteiger partial charge in [0.2, 0.25) is 0 Å². The molecule has 1 aliphatic heterocycles. The van der Waals surface area contributed by atoms with Gasteiger partial charge in [-0.05, 0) is 42.0 Å². The number of allylic oxidation sites excluding steroid dienone is 1. The van der Waals surface area contributed by atoms with Crippen LogP contribution in [0.4, 0.5) is 0 Å². The third-order valence-electron chi connectivity index (χ3n) is 5.15. The second kappa shape index (κ2) is 7.46. The van der Waals surface area contributed by atoms with E-state index in [4.69, 9.17) is 16.7 Å². The van der Waals surface area contributed by atoms with Gasteiger partial charge in [-0.15, -0.1) is 11.6 Å².